The monoisotopic (exact) mass is 454 g/mol. The molecular weight excluding hydrogens is 424 g/mol. The van der Waals surface area contributed by atoms with Crippen molar-refractivity contribution >= 4 is 27.3 Å². The fraction of sp³-hybridized carbons (Fsp3) is 0.476. The van der Waals surface area contributed by atoms with Crippen molar-refractivity contribution in [1.82, 2.24) is 9.62 Å². The molecule has 7 nitrogen and oxygen atoms in total. The van der Waals surface area contributed by atoms with E-state index < -0.39 is 10.0 Å². The highest BCUT2D eigenvalue weighted by molar-refractivity contribution is 7.91. The maximum absolute atomic E-state index is 12.4. The van der Waals surface area contributed by atoms with E-state index in [-0.39, 0.29) is 24.9 Å². The van der Waals surface area contributed by atoms with Gasteiger partial charge >= 0.3 is 0 Å². The van der Waals surface area contributed by atoms with E-state index in [0.717, 1.165) is 5.56 Å². The van der Waals surface area contributed by atoms with Gasteiger partial charge in [0.2, 0.25) is 5.91 Å². The predicted octanol–water partition coefficient (Wildman–Crippen LogP) is 3.82. The van der Waals surface area contributed by atoms with Gasteiger partial charge in [0.15, 0.2) is 11.5 Å². The molecule has 2 rings (SSSR count). The second-order valence-electron chi connectivity index (χ2n) is 6.72. The predicted molar refractivity (Wildman–Crippen MR) is 119 cm³/mol. The molecule has 1 aromatic heterocycles. The average Bonchev–Trinajstić information content (AvgIpc) is 3.25. The minimum absolute atomic E-state index is 0.128. The summed E-state index contributed by atoms with van der Waals surface area (Å²) in [6.45, 7) is 7.06. The molecule has 0 spiro atoms. The highest BCUT2D eigenvalue weighted by atomic mass is 32.2. The van der Waals surface area contributed by atoms with Crippen LogP contribution in [-0.4, -0.2) is 45.4 Å². The Morgan fingerprint density at radius 3 is 2.50 bits per heavy atom. The Morgan fingerprint density at radius 1 is 1.17 bits per heavy atom. The fourth-order valence-electron chi connectivity index (χ4n) is 2.88. The van der Waals surface area contributed by atoms with E-state index in [1.165, 1.54) is 22.7 Å². The maximum atomic E-state index is 12.4. The largest absolute Gasteiger partial charge is 0.490 e. The van der Waals surface area contributed by atoms with Gasteiger partial charge in [0.1, 0.15) is 4.21 Å². The summed E-state index contributed by atoms with van der Waals surface area (Å²) in [6, 6.07) is 8.70. The number of rotatable bonds is 12. The average molecular weight is 455 g/mol. The van der Waals surface area contributed by atoms with Crippen LogP contribution in [0, 0.1) is 0 Å². The summed E-state index contributed by atoms with van der Waals surface area (Å²) in [5, 5.41) is 4.69. The lowest BCUT2D eigenvalue weighted by atomic mass is 10.1. The summed E-state index contributed by atoms with van der Waals surface area (Å²) < 4.78 is 37.6. The third-order valence-corrected chi connectivity index (χ3v) is 7.71. The Morgan fingerprint density at radius 2 is 1.87 bits per heavy atom. The summed E-state index contributed by atoms with van der Waals surface area (Å²) >= 11 is 1.18. The van der Waals surface area contributed by atoms with E-state index in [4.69, 9.17) is 9.47 Å². The normalized spacial score (nSPS) is 12.6. The number of amides is 1. The first-order valence-electron chi connectivity index (χ1n) is 9.98. The lowest BCUT2D eigenvalue weighted by Gasteiger charge is -2.18. The summed E-state index contributed by atoms with van der Waals surface area (Å²) in [4.78, 5) is 12.3. The smallest absolute Gasteiger partial charge is 0.252 e. The van der Waals surface area contributed by atoms with Gasteiger partial charge in [-0.05, 0) is 56.3 Å². The van der Waals surface area contributed by atoms with Crippen LogP contribution in [0.2, 0.25) is 0 Å². The zero-order valence-electron chi connectivity index (χ0n) is 17.9. The Hall–Kier alpha value is -2.10. The SMILES string of the molecule is CCOc1ccc(C(C)NC(=O)CCCN(C)S(=O)(=O)c2cccs2)cc1OCC. The van der Waals surface area contributed by atoms with Crippen molar-refractivity contribution in [1.29, 1.82) is 0 Å². The summed E-state index contributed by atoms with van der Waals surface area (Å²) in [5.74, 6) is 1.20. The Balaban J connectivity index is 1.88. The van der Waals surface area contributed by atoms with Crippen LogP contribution in [0.15, 0.2) is 39.9 Å². The van der Waals surface area contributed by atoms with Crippen LogP contribution in [0.25, 0.3) is 0 Å². The lowest BCUT2D eigenvalue weighted by Crippen LogP contribution is -2.30. The van der Waals surface area contributed by atoms with Gasteiger partial charge in [-0.3, -0.25) is 4.79 Å². The maximum Gasteiger partial charge on any atom is 0.252 e. The Kier molecular flexibility index (Phi) is 9.13. The standard InChI is InChI=1S/C21H30N2O5S2/c1-5-27-18-12-11-17(15-19(18)28-6-2)16(3)22-20(24)9-7-13-23(4)30(25,26)21-10-8-14-29-21/h8,10-12,14-16H,5-7,9,13H2,1-4H3,(H,22,24). The minimum Gasteiger partial charge on any atom is -0.490 e. The van der Waals surface area contributed by atoms with E-state index in [1.807, 2.05) is 39.0 Å². The number of ether oxygens (including phenoxy) is 2. The van der Waals surface area contributed by atoms with Gasteiger partial charge in [-0.1, -0.05) is 12.1 Å². The zero-order valence-corrected chi connectivity index (χ0v) is 19.5. The van der Waals surface area contributed by atoms with E-state index in [2.05, 4.69) is 5.32 Å². The van der Waals surface area contributed by atoms with Crippen LogP contribution < -0.4 is 14.8 Å². The number of hydrogen-bond acceptors (Lipinski definition) is 6. The molecule has 2 aromatic rings. The number of nitrogens with zero attached hydrogens (tertiary/aromatic N) is 1. The zero-order chi connectivity index (χ0) is 22.1. The van der Waals surface area contributed by atoms with Crippen LogP contribution in [-0.2, 0) is 14.8 Å². The van der Waals surface area contributed by atoms with Crippen molar-refractivity contribution in [3.63, 3.8) is 0 Å². The third-order valence-electron chi connectivity index (χ3n) is 4.48. The molecule has 0 saturated heterocycles. The molecule has 0 aliphatic carbocycles. The van der Waals surface area contributed by atoms with Crippen LogP contribution in [0.1, 0.15) is 45.2 Å². The molecule has 0 saturated carbocycles. The third kappa shape index (κ3) is 6.45. The molecule has 1 atom stereocenters. The Labute approximate surface area is 183 Å². The summed E-state index contributed by atoms with van der Waals surface area (Å²) in [6.07, 6.45) is 0.678. The first kappa shape index (κ1) is 24.2. The second kappa shape index (κ2) is 11.3. The first-order valence-corrected chi connectivity index (χ1v) is 12.3. The van der Waals surface area contributed by atoms with Crippen LogP contribution in [0.5, 0.6) is 11.5 Å². The first-order chi connectivity index (χ1) is 14.3. The summed E-state index contributed by atoms with van der Waals surface area (Å²) in [7, 11) is -1.95. The van der Waals surface area contributed by atoms with E-state index in [1.54, 1.807) is 17.5 Å². The van der Waals surface area contributed by atoms with Crippen LogP contribution >= 0.6 is 11.3 Å². The molecule has 1 heterocycles. The number of carbonyl (C=O) groups is 1. The number of thiophene rings is 1. The molecule has 0 aliphatic heterocycles. The highest BCUT2D eigenvalue weighted by Gasteiger charge is 2.21. The molecule has 30 heavy (non-hydrogen) atoms. The molecule has 0 fully saturated rings. The van der Waals surface area contributed by atoms with Crippen molar-refractivity contribution in [2.24, 2.45) is 0 Å². The van der Waals surface area contributed by atoms with Gasteiger partial charge in [-0.25, -0.2) is 12.7 Å². The molecule has 0 aliphatic rings. The van der Waals surface area contributed by atoms with Crippen molar-refractivity contribution in [2.75, 3.05) is 26.8 Å². The van der Waals surface area contributed by atoms with Crippen molar-refractivity contribution in [3.05, 3.63) is 41.3 Å². The van der Waals surface area contributed by atoms with E-state index >= 15 is 0 Å². The fourth-order valence-corrected chi connectivity index (χ4v) is 5.29. The van der Waals surface area contributed by atoms with E-state index in [9.17, 15) is 13.2 Å². The van der Waals surface area contributed by atoms with Crippen molar-refractivity contribution in [2.45, 2.75) is 43.9 Å². The summed E-state index contributed by atoms with van der Waals surface area (Å²) in [5.41, 5.74) is 0.910. The molecule has 1 N–H and O–H groups in total. The molecular formula is C21H30N2O5S2. The number of sulfonamides is 1. The van der Waals surface area contributed by atoms with Crippen LogP contribution in [0.4, 0.5) is 0 Å². The molecule has 1 unspecified atom stereocenters. The van der Waals surface area contributed by atoms with Crippen molar-refractivity contribution < 1.29 is 22.7 Å². The molecule has 1 aromatic carbocycles. The molecule has 166 valence electrons. The lowest BCUT2D eigenvalue weighted by molar-refractivity contribution is -0.121. The van der Waals surface area contributed by atoms with Gasteiger partial charge in [0.05, 0.1) is 19.3 Å². The number of carbonyl (C=O) groups excluding carboxylic acids is 1. The minimum atomic E-state index is -3.48. The molecule has 0 radical (unpaired) electrons. The van der Waals surface area contributed by atoms with E-state index in [0.29, 0.717) is 35.3 Å². The van der Waals surface area contributed by atoms with Gasteiger partial charge in [-0.2, -0.15) is 0 Å². The quantitative estimate of drug-likeness (QED) is 0.527. The molecule has 0 bridgehead atoms. The Bertz CT molecular complexity index is 913. The van der Waals surface area contributed by atoms with Gasteiger partial charge in [0, 0.05) is 20.0 Å². The highest BCUT2D eigenvalue weighted by Crippen LogP contribution is 2.30. The van der Waals surface area contributed by atoms with Crippen molar-refractivity contribution in [3.8, 4) is 11.5 Å². The van der Waals surface area contributed by atoms with Gasteiger partial charge in [-0.15, -0.1) is 11.3 Å². The van der Waals surface area contributed by atoms with Crippen LogP contribution in [0.3, 0.4) is 0 Å². The second-order valence-corrected chi connectivity index (χ2v) is 9.94. The number of benzene rings is 1. The molecule has 9 heteroatoms. The topological polar surface area (TPSA) is 84.9 Å². The number of nitrogens with one attached hydrogen (secondary N) is 1. The molecule has 1 amide bonds. The number of hydrogen-bond donors (Lipinski definition) is 1. The van der Waals surface area contributed by atoms with Gasteiger partial charge < -0.3 is 14.8 Å². The van der Waals surface area contributed by atoms with Gasteiger partial charge in [0.25, 0.3) is 10.0 Å².